The SMILES string of the molecule is CC1(C)OB(C(F)=C2CCC3(CC2)CCN(Cc2ccccc2)C3)OC1(C)C. The monoisotopic (exact) mass is 385 g/mol. The van der Waals surface area contributed by atoms with Crippen LogP contribution < -0.4 is 0 Å². The third-order valence-corrected chi connectivity index (χ3v) is 7.48. The third kappa shape index (κ3) is 3.81. The van der Waals surface area contributed by atoms with Gasteiger partial charge in [0.1, 0.15) is 5.73 Å². The van der Waals surface area contributed by atoms with Gasteiger partial charge in [-0.2, -0.15) is 0 Å². The Labute approximate surface area is 169 Å². The standard InChI is InChI=1S/C23H33BFNO2/c1-21(2)22(3,4)28-24(27-21)20(25)19-10-12-23(13-11-19)14-15-26(17-23)16-18-8-6-5-7-9-18/h5-9H,10-17H2,1-4H3. The fourth-order valence-corrected chi connectivity index (χ4v) is 4.85. The van der Waals surface area contributed by atoms with E-state index in [-0.39, 0.29) is 5.73 Å². The highest BCUT2D eigenvalue weighted by molar-refractivity contribution is 6.53. The minimum absolute atomic E-state index is 0.173. The van der Waals surface area contributed by atoms with Crippen LogP contribution in [0.15, 0.2) is 41.6 Å². The fraction of sp³-hybridized carbons (Fsp3) is 0.652. The molecule has 0 atom stereocenters. The molecule has 0 unspecified atom stereocenters. The van der Waals surface area contributed by atoms with Crippen LogP contribution in [0.5, 0.6) is 0 Å². The predicted molar refractivity (Wildman–Crippen MR) is 111 cm³/mol. The van der Waals surface area contributed by atoms with E-state index in [4.69, 9.17) is 9.31 Å². The van der Waals surface area contributed by atoms with E-state index in [0.717, 1.165) is 50.9 Å². The van der Waals surface area contributed by atoms with Crippen molar-refractivity contribution in [2.75, 3.05) is 13.1 Å². The summed E-state index contributed by atoms with van der Waals surface area (Å²) in [5.74, 6) is 0. The predicted octanol–water partition coefficient (Wildman–Crippen LogP) is 5.31. The zero-order valence-electron chi connectivity index (χ0n) is 17.8. The number of allylic oxidation sites excluding steroid dienone is 1. The highest BCUT2D eigenvalue weighted by atomic mass is 19.1. The van der Waals surface area contributed by atoms with E-state index in [2.05, 4.69) is 35.2 Å². The zero-order chi connectivity index (χ0) is 20.0. The summed E-state index contributed by atoms with van der Waals surface area (Å²) in [5.41, 5.74) is 1.49. The van der Waals surface area contributed by atoms with Crippen LogP contribution in [0.4, 0.5) is 4.39 Å². The second-order valence-corrected chi connectivity index (χ2v) is 9.99. The Morgan fingerprint density at radius 3 is 2.21 bits per heavy atom. The maximum atomic E-state index is 15.1. The van der Waals surface area contributed by atoms with Crippen LogP contribution in [0.1, 0.15) is 65.4 Å². The van der Waals surface area contributed by atoms with Gasteiger partial charge in [-0.1, -0.05) is 30.3 Å². The first-order chi connectivity index (χ1) is 13.2. The average molecular weight is 385 g/mol. The molecule has 1 aliphatic carbocycles. The molecule has 0 amide bonds. The molecule has 3 fully saturated rings. The minimum Gasteiger partial charge on any atom is -0.398 e. The molecule has 0 bridgehead atoms. The van der Waals surface area contributed by atoms with Crippen LogP contribution in [0.25, 0.3) is 0 Å². The van der Waals surface area contributed by atoms with Crippen LogP contribution in [0.3, 0.4) is 0 Å². The first-order valence-corrected chi connectivity index (χ1v) is 10.7. The quantitative estimate of drug-likeness (QED) is 0.659. The molecular formula is C23H33BFNO2. The molecular weight excluding hydrogens is 352 g/mol. The van der Waals surface area contributed by atoms with Crippen LogP contribution in [0, 0.1) is 5.41 Å². The number of nitrogens with zero attached hydrogens (tertiary/aromatic N) is 1. The van der Waals surface area contributed by atoms with Gasteiger partial charge in [-0.15, -0.1) is 0 Å². The smallest absolute Gasteiger partial charge is 0.398 e. The molecule has 5 heteroatoms. The Hall–Kier alpha value is -1.17. The molecule has 3 aliphatic rings. The highest BCUT2D eigenvalue weighted by Gasteiger charge is 2.54. The number of benzene rings is 1. The van der Waals surface area contributed by atoms with E-state index < -0.39 is 18.3 Å². The third-order valence-electron chi connectivity index (χ3n) is 7.48. The Morgan fingerprint density at radius 1 is 1.00 bits per heavy atom. The summed E-state index contributed by atoms with van der Waals surface area (Å²) in [6, 6.07) is 10.7. The Morgan fingerprint density at radius 2 is 1.61 bits per heavy atom. The van der Waals surface area contributed by atoms with E-state index in [1.54, 1.807) is 0 Å². The largest absolute Gasteiger partial charge is 0.525 e. The summed E-state index contributed by atoms with van der Waals surface area (Å²) >= 11 is 0. The Bertz CT molecular complexity index is 720. The fourth-order valence-electron chi connectivity index (χ4n) is 4.85. The lowest BCUT2D eigenvalue weighted by Gasteiger charge is -2.35. The van der Waals surface area contributed by atoms with Crippen molar-refractivity contribution in [3.63, 3.8) is 0 Å². The molecule has 2 aliphatic heterocycles. The summed E-state index contributed by atoms with van der Waals surface area (Å²) < 4.78 is 27.0. The van der Waals surface area contributed by atoms with Gasteiger partial charge in [0.15, 0.2) is 0 Å². The maximum absolute atomic E-state index is 15.1. The number of rotatable bonds is 3. The second kappa shape index (κ2) is 7.26. The molecule has 2 saturated heterocycles. The lowest BCUT2D eigenvalue weighted by Crippen LogP contribution is -2.41. The van der Waals surface area contributed by atoms with Crippen LogP contribution in [-0.2, 0) is 15.9 Å². The highest BCUT2D eigenvalue weighted by Crippen LogP contribution is 2.47. The summed E-state index contributed by atoms with van der Waals surface area (Å²) in [5, 5.41) is 0. The first-order valence-electron chi connectivity index (χ1n) is 10.7. The van der Waals surface area contributed by atoms with E-state index in [0.29, 0.717) is 5.41 Å². The van der Waals surface area contributed by atoms with Gasteiger partial charge in [0, 0.05) is 13.1 Å². The van der Waals surface area contributed by atoms with Gasteiger partial charge in [0.25, 0.3) is 0 Å². The number of halogens is 1. The minimum atomic E-state index is -0.841. The lowest BCUT2D eigenvalue weighted by atomic mass is 9.69. The van der Waals surface area contributed by atoms with Gasteiger partial charge in [-0.25, -0.2) is 4.39 Å². The molecule has 1 aromatic rings. The van der Waals surface area contributed by atoms with Crippen LogP contribution in [-0.4, -0.2) is 36.3 Å². The molecule has 28 heavy (non-hydrogen) atoms. The molecule has 0 aromatic heterocycles. The van der Waals surface area contributed by atoms with Crippen molar-refractivity contribution in [3.05, 3.63) is 47.2 Å². The number of likely N-dealkylation sites (tertiary alicyclic amines) is 1. The molecule has 2 heterocycles. The summed E-state index contributed by atoms with van der Waals surface area (Å²) in [6.45, 7) is 11.2. The molecule has 4 rings (SSSR count). The summed E-state index contributed by atoms with van der Waals surface area (Å²) in [6.07, 6.45) is 5.02. The Balaban J connectivity index is 1.36. The second-order valence-electron chi connectivity index (χ2n) is 9.99. The molecule has 3 nitrogen and oxygen atoms in total. The number of hydrogen-bond acceptors (Lipinski definition) is 3. The van der Waals surface area contributed by atoms with Gasteiger partial charge in [0.05, 0.1) is 11.2 Å². The van der Waals surface area contributed by atoms with Gasteiger partial charge in [-0.05, 0) is 82.9 Å². The summed E-state index contributed by atoms with van der Waals surface area (Å²) in [7, 11) is -0.841. The van der Waals surface area contributed by atoms with Crippen molar-refractivity contribution < 1.29 is 13.7 Å². The lowest BCUT2D eigenvalue weighted by molar-refractivity contribution is 0.00578. The van der Waals surface area contributed by atoms with Crippen molar-refractivity contribution in [1.29, 1.82) is 0 Å². The summed E-state index contributed by atoms with van der Waals surface area (Å²) in [4.78, 5) is 2.56. The van der Waals surface area contributed by atoms with Gasteiger partial charge < -0.3 is 9.31 Å². The first kappa shape index (κ1) is 20.1. The topological polar surface area (TPSA) is 21.7 Å². The van der Waals surface area contributed by atoms with E-state index in [1.165, 1.54) is 12.0 Å². The van der Waals surface area contributed by atoms with Crippen molar-refractivity contribution in [3.8, 4) is 0 Å². The van der Waals surface area contributed by atoms with Crippen molar-refractivity contribution in [1.82, 2.24) is 4.90 Å². The average Bonchev–Trinajstić information content (AvgIpc) is 3.13. The molecule has 0 radical (unpaired) electrons. The molecule has 152 valence electrons. The zero-order valence-corrected chi connectivity index (χ0v) is 17.8. The van der Waals surface area contributed by atoms with Crippen LogP contribution >= 0.6 is 0 Å². The van der Waals surface area contributed by atoms with E-state index in [1.807, 2.05) is 27.7 Å². The normalized spacial score (nSPS) is 29.6. The number of hydrogen-bond donors (Lipinski definition) is 0. The van der Waals surface area contributed by atoms with Gasteiger partial charge >= 0.3 is 7.12 Å². The Kier molecular flexibility index (Phi) is 5.22. The van der Waals surface area contributed by atoms with Crippen LogP contribution in [0.2, 0.25) is 0 Å². The van der Waals surface area contributed by atoms with Gasteiger partial charge in [0.2, 0.25) is 0 Å². The molecule has 0 N–H and O–H groups in total. The molecule has 1 spiro atoms. The van der Waals surface area contributed by atoms with Crippen molar-refractivity contribution in [2.24, 2.45) is 5.41 Å². The molecule has 1 saturated carbocycles. The van der Waals surface area contributed by atoms with Crippen molar-refractivity contribution in [2.45, 2.75) is 77.5 Å². The van der Waals surface area contributed by atoms with E-state index >= 15 is 4.39 Å². The van der Waals surface area contributed by atoms with E-state index in [9.17, 15) is 0 Å². The van der Waals surface area contributed by atoms with Crippen molar-refractivity contribution >= 4 is 7.12 Å². The van der Waals surface area contributed by atoms with Gasteiger partial charge in [-0.3, -0.25) is 4.90 Å². The molecule has 1 aromatic carbocycles. The maximum Gasteiger partial charge on any atom is 0.525 e.